The van der Waals surface area contributed by atoms with Crippen molar-refractivity contribution in [2.24, 2.45) is 5.41 Å². The third kappa shape index (κ3) is 3.70. The molecule has 1 unspecified atom stereocenters. The van der Waals surface area contributed by atoms with Crippen LogP contribution in [-0.4, -0.2) is 19.0 Å². The number of fused-ring (bicyclic) bond motifs is 1. The molecule has 3 rings (SSSR count). The quantitative estimate of drug-likeness (QED) is 0.904. The molecule has 0 saturated heterocycles. The Kier molecular flexibility index (Phi) is 4.76. The van der Waals surface area contributed by atoms with Gasteiger partial charge in [-0.05, 0) is 17.7 Å². The number of hydrogen-bond acceptors (Lipinski definition) is 2. The molecule has 2 aromatic rings. The van der Waals surface area contributed by atoms with E-state index < -0.39 is 0 Å². The van der Waals surface area contributed by atoms with E-state index in [1.54, 1.807) is 6.26 Å². The van der Waals surface area contributed by atoms with Gasteiger partial charge in [-0.1, -0.05) is 45.0 Å². The predicted molar refractivity (Wildman–Crippen MR) is 93.6 cm³/mol. The average Bonchev–Trinajstić information content (AvgIpc) is 3.08. The van der Waals surface area contributed by atoms with Crippen molar-refractivity contribution >= 4 is 5.91 Å². The number of nitrogens with one attached hydrogen (secondary N) is 2. The van der Waals surface area contributed by atoms with Crippen molar-refractivity contribution in [3.8, 4) is 0 Å². The Morgan fingerprint density at radius 3 is 2.62 bits per heavy atom. The fourth-order valence-electron chi connectivity index (χ4n) is 3.30. The lowest BCUT2D eigenvalue weighted by molar-refractivity contribution is -0.946. The van der Waals surface area contributed by atoms with Crippen LogP contribution in [0.2, 0.25) is 0 Å². The van der Waals surface area contributed by atoms with E-state index in [2.05, 4.69) is 29.6 Å². The molecule has 2 N–H and O–H groups in total. The normalized spacial score (nSPS) is 18.7. The van der Waals surface area contributed by atoms with Crippen LogP contribution in [-0.2, 0) is 17.8 Å². The summed E-state index contributed by atoms with van der Waals surface area (Å²) in [6.45, 7) is 8.43. The molecule has 0 radical (unpaired) electrons. The SMILES string of the molecule is CC(C)(C)C(=O)NC[C@@H](c1ccco1)[NH+]1CCc2ccccc2C1. The van der Waals surface area contributed by atoms with Gasteiger partial charge in [-0.25, -0.2) is 0 Å². The zero-order chi connectivity index (χ0) is 17.2. The average molecular weight is 327 g/mol. The Balaban J connectivity index is 1.76. The maximum Gasteiger partial charge on any atom is 0.225 e. The first-order valence-electron chi connectivity index (χ1n) is 8.68. The highest BCUT2D eigenvalue weighted by Crippen LogP contribution is 2.17. The lowest BCUT2D eigenvalue weighted by Gasteiger charge is -2.32. The minimum absolute atomic E-state index is 0.0795. The van der Waals surface area contributed by atoms with E-state index in [9.17, 15) is 4.79 Å². The Morgan fingerprint density at radius 2 is 1.96 bits per heavy atom. The first kappa shape index (κ1) is 16.8. The molecule has 0 bridgehead atoms. The molecule has 128 valence electrons. The lowest BCUT2D eigenvalue weighted by atomic mass is 9.95. The van der Waals surface area contributed by atoms with Crippen molar-refractivity contribution in [1.29, 1.82) is 0 Å². The summed E-state index contributed by atoms with van der Waals surface area (Å²) in [5, 5.41) is 3.11. The molecule has 24 heavy (non-hydrogen) atoms. The minimum atomic E-state index is -0.377. The van der Waals surface area contributed by atoms with E-state index >= 15 is 0 Å². The molecule has 4 heteroatoms. The van der Waals surface area contributed by atoms with Gasteiger partial charge in [0.15, 0.2) is 11.8 Å². The Bertz CT molecular complexity index is 686. The number of amides is 1. The van der Waals surface area contributed by atoms with Crippen molar-refractivity contribution in [1.82, 2.24) is 5.32 Å². The van der Waals surface area contributed by atoms with Gasteiger partial charge in [0.2, 0.25) is 5.91 Å². The number of quaternary nitrogens is 1. The van der Waals surface area contributed by atoms with Gasteiger partial charge in [-0.15, -0.1) is 0 Å². The summed E-state index contributed by atoms with van der Waals surface area (Å²) in [5.74, 6) is 1.02. The molecule has 1 aliphatic rings. The van der Waals surface area contributed by atoms with E-state index in [0.717, 1.165) is 25.3 Å². The van der Waals surface area contributed by atoms with Gasteiger partial charge in [0.25, 0.3) is 0 Å². The van der Waals surface area contributed by atoms with Crippen LogP contribution < -0.4 is 10.2 Å². The second kappa shape index (κ2) is 6.81. The summed E-state index contributed by atoms with van der Waals surface area (Å²) in [5.41, 5.74) is 2.47. The van der Waals surface area contributed by atoms with E-state index in [1.807, 2.05) is 32.9 Å². The molecule has 1 aromatic carbocycles. The molecule has 0 fully saturated rings. The highest BCUT2D eigenvalue weighted by atomic mass is 16.3. The van der Waals surface area contributed by atoms with Crippen molar-refractivity contribution in [3.05, 3.63) is 59.5 Å². The molecule has 1 amide bonds. The number of hydrogen-bond donors (Lipinski definition) is 2. The molecule has 0 spiro atoms. The smallest absolute Gasteiger partial charge is 0.225 e. The Hall–Kier alpha value is -2.07. The molecule has 0 saturated carbocycles. The van der Waals surface area contributed by atoms with E-state index in [0.29, 0.717) is 6.54 Å². The number of carbonyl (C=O) groups excluding carboxylic acids is 1. The van der Waals surface area contributed by atoms with E-state index in [1.165, 1.54) is 16.0 Å². The summed E-state index contributed by atoms with van der Waals surface area (Å²) in [6.07, 6.45) is 2.78. The van der Waals surface area contributed by atoms with Crippen LogP contribution in [0.1, 0.15) is 43.7 Å². The zero-order valence-corrected chi connectivity index (χ0v) is 14.8. The molecular formula is C20H27N2O2+. The lowest BCUT2D eigenvalue weighted by Crippen LogP contribution is -3.12. The predicted octanol–water partition coefficient (Wildman–Crippen LogP) is 2.12. The highest BCUT2D eigenvalue weighted by Gasteiger charge is 2.31. The molecule has 2 atom stereocenters. The number of benzene rings is 1. The topological polar surface area (TPSA) is 46.7 Å². The van der Waals surface area contributed by atoms with Gasteiger partial charge in [-0.3, -0.25) is 4.79 Å². The fourth-order valence-corrected chi connectivity index (χ4v) is 3.30. The van der Waals surface area contributed by atoms with Crippen LogP contribution in [0.3, 0.4) is 0 Å². The molecule has 0 aliphatic carbocycles. The first-order valence-corrected chi connectivity index (χ1v) is 8.68. The first-order chi connectivity index (χ1) is 11.4. The van der Waals surface area contributed by atoms with E-state index in [-0.39, 0.29) is 17.4 Å². The third-order valence-corrected chi connectivity index (χ3v) is 4.78. The third-order valence-electron chi connectivity index (χ3n) is 4.78. The number of carbonyl (C=O) groups is 1. The number of rotatable bonds is 4. The van der Waals surface area contributed by atoms with Crippen LogP contribution in [0.5, 0.6) is 0 Å². The minimum Gasteiger partial charge on any atom is -0.463 e. The summed E-state index contributed by atoms with van der Waals surface area (Å²) >= 11 is 0. The molecule has 4 nitrogen and oxygen atoms in total. The Morgan fingerprint density at radius 1 is 1.21 bits per heavy atom. The van der Waals surface area contributed by atoms with Crippen molar-refractivity contribution < 1.29 is 14.1 Å². The molecular weight excluding hydrogens is 300 g/mol. The summed E-state index contributed by atoms with van der Waals surface area (Å²) in [4.78, 5) is 13.7. The van der Waals surface area contributed by atoms with Crippen LogP contribution in [0.4, 0.5) is 0 Å². The van der Waals surface area contributed by atoms with Crippen LogP contribution >= 0.6 is 0 Å². The fraction of sp³-hybridized carbons (Fsp3) is 0.450. The van der Waals surface area contributed by atoms with Gasteiger partial charge in [0.1, 0.15) is 6.54 Å². The highest BCUT2D eigenvalue weighted by molar-refractivity contribution is 5.81. The van der Waals surface area contributed by atoms with Gasteiger partial charge < -0.3 is 14.6 Å². The van der Waals surface area contributed by atoms with Gasteiger partial charge >= 0.3 is 0 Å². The van der Waals surface area contributed by atoms with Gasteiger partial charge in [-0.2, -0.15) is 0 Å². The van der Waals surface area contributed by atoms with Crippen molar-refractivity contribution in [2.75, 3.05) is 13.1 Å². The monoisotopic (exact) mass is 327 g/mol. The molecule has 1 aromatic heterocycles. The summed E-state index contributed by atoms with van der Waals surface area (Å²) in [7, 11) is 0. The van der Waals surface area contributed by atoms with Crippen LogP contribution in [0.25, 0.3) is 0 Å². The summed E-state index contributed by atoms with van der Waals surface area (Å²) in [6, 6.07) is 12.7. The summed E-state index contributed by atoms with van der Waals surface area (Å²) < 4.78 is 5.68. The zero-order valence-electron chi connectivity index (χ0n) is 14.8. The maximum absolute atomic E-state index is 12.3. The second-order valence-corrected chi connectivity index (χ2v) is 7.63. The standard InChI is InChI=1S/C20H26N2O2/c1-20(2,3)19(23)21-13-17(18-9-6-12-24-18)22-11-10-15-7-4-5-8-16(15)14-22/h4-9,12,17H,10-11,13-14H2,1-3H3,(H,21,23)/p+1/t17-/m0/s1. The van der Waals surface area contributed by atoms with Gasteiger partial charge in [0.05, 0.1) is 19.4 Å². The Labute approximate surface area is 143 Å². The van der Waals surface area contributed by atoms with Gasteiger partial charge in [0, 0.05) is 17.4 Å². The maximum atomic E-state index is 12.3. The van der Waals surface area contributed by atoms with Crippen LogP contribution in [0, 0.1) is 5.41 Å². The molecule has 1 aliphatic heterocycles. The number of furan rings is 1. The van der Waals surface area contributed by atoms with Crippen molar-refractivity contribution in [3.63, 3.8) is 0 Å². The van der Waals surface area contributed by atoms with Crippen LogP contribution in [0.15, 0.2) is 47.1 Å². The molecule has 2 heterocycles. The second-order valence-electron chi connectivity index (χ2n) is 7.63. The van der Waals surface area contributed by atoms with Crippen molar-refractivity contribution in [2.45, 2.75) is 39.8 Å². The van der Waals surface area contributed by atoms with E-state index in [4.69, 9.17) is 4.42 Å². The largest absolute Gasteiger partial charge is 0.463 e.